The van der Waals surface area contributed by atoms with Crippen molar-refractivity contribution in [2.24, 2.45) is 0 Å². The first-order valence-electron chi connectivity index (χ1n) is 6.13. The summed E-state index contributed by atoms with van der Waals surface area (Å²) in [6, 6.07) is 16.4. The zero-order valence-electron chi connectivity index (χ0n) is 10.7. The largest absolute Gasteiger partial charge is 0.322 e. The average molecular weight is 250 g/mol. The Balaban J connectivity index is 2.13. The molecule has 19 heavy (non-hydrogen) atoms. The van der Waals surface area contributed by atoms with Crippen LogP contribution in [-0.4, -0.2) is 5.91 Å². The molecule has 0 aliphatic rings. The van der Waals surface area contributed by atoms with Crippen molar-refractivity contribution in [3.05, 3.63) is 65.2 Å². The smallest absolute Gasteiger partial charge is 0.255 e. The van der Waals surface area contributed by atoms with E-state index in [1.807, 2.05) is 30.3 Å². The van der Waals surface area contributed by atoms with Crippen molar-refractivity contribution >= 4 is 11.6 Å². The van der Waals surface area contributed by atoms with E-state index < -0.39 is 0 Å². The van der Waals surface area contributed by atoms with Gasteiger partial charge in [0, 0.05) is 11.3 Å². The van der Waals surface area contributed by atoms with E-state index >= 15 is 0 Å². The molecule has 0 heterocycles. The minimum absolute atomic E-state index is 0.169. The molecular formula is C16H14N2O. The molecule has 1 N–H and O–H groups in total. The van der Waals surface area contributed by atoms with Crippen LogP contribution in [0, 0.1) is 11.3 Å². The molecule has 2 aromatic carbocycles. The van der Waals surface area contributed by atoms with Gasteiger partial charge in [-0.05, 0) is 48.4 Å². The highest BCUT2D eigenvalue weighted by Gasteiger charge is 2.06. The van der Waals surface area contributed by atoms with Gasteiger partial charge < -0.3 is 5.32 Å². The zero-order chi connectivity index (χ0) is 13.7. The average Bonchev–Trinajstić information content (AvgIpc) is 2.47. The first-order chi connectivity index (χ1) is 9.22. The van der Waals surface area contributed by atoms with Crippen LogP contribution in [-0.2, 0) is 6.42 Å². The highest BCUT2D eigenvalue weighted by atomic mass is 16.1. The summed E-state index contributed by atoms with van der Waals surface area (Å²) < 4.78 is 0. The Bertz CT molecular complexity index is 624. The number of nitrogens with zero attached hydrogens (tertiary/aromatic N) is 1. The summed E-state index contributed by atoms with van der Waals surface area (Å²) in [5, 5.41) is 11.6. The van der Waals surface area contributed by atoms with E-state index in [0.29, 0.717) is 11.1 Å². The molecule has 0 aliphatic heterocycles. The summed E-state index contributed by atoms with van der Waals surface area (Å²) in [6.07, 6.45) is 0.931. The minimum atomic E-state index is -0.169. The number of anilines is 1. The van der Waals surface area contributed by atoms with E-state index in [1.54, 1.807) is 24.3 Å². The first-order valence-corrected chi connectivity index (χ1v) is 6.13. The van der Waals surface area contributed by atoms with Crippen LogP contribution >= 0.6 is 0 Å². The number of amides is 1. The number of rotatable bonds is 3. The second kappa shape index (κ2) is 5.83. The normalized spacial score (nSPS) is 9.68. The molecule has 3 nitrogen and oxygen atoms in total. The number of benzene rings is 2. The maximum atomic E-state index is 12.0. The fourth-order valence-electron chi connectivity index (χ4n) is 1.77. The standard InChI is InChI=1S/C16H14N2O/c1-2-12-4-3-5-15(10-12)18-16(19)14-8-6-13(11-17)7-9-14/h3-10H,2H2,1H3,(H,18,19). The van der Waals surface area contributed by atoms with Crippen molar-refractivity contribution in [1.82, 2.24) is 0 Å². The van der Waals surface area contributed by atoms with Crippen LogP contribution in [0.3, 0.4) is 0 Å². The van der Waals surface area contributed by atoms with Crippen molar-refractivity contribution in [2.45, 2.75) is 13.3 Å². The van der Waals surface area contributed by atoms with Gasteiger partial charge in [-0.25, -0.2) is 0 Å². The monoisotopic (exact) mass is 250 g/mol. The summed E-state index contributed by atoms with van der Waals surface area (Å²) >= 11 is 0. The van der Waals surface area contributed by atoms with E-state index in [1.165, 1.54) is 5.56 Å². The maximum Gasteiger partial charge on any atom is 0.255 e. The molecule has 0 aliphatic carbocycles. The first kappa shape index (κ1) is 12.8. The Morgan fingerprint density at radius 2 is 1.95 bits per heavy atom. The summed E-state index contributed by atoms with van der Waals surface area (Å²) in [7, 11) is 0. The Labute approximate surface area is 112 Å². The lowest BCUT2D eigenvalue weighted by Gasteiger charge is -2.06. The highest BCUT2D eigenvalue weighted by molar-refractivity contribution is 6.04. The van der Waals surface area contributed by atoms with Gasteiger partial charge in [0.05, 0.1) is 11.6 Å². The maximum absolute atomic E-state index is 12.0. The molecule has 0 fully saturated rings. The van der Waals surface area contributed by atoms with Crippen molar-refractivity contribution in [3.63, 3.8) is 0 Å². The molecule has 0 atom stereocenters. The highest BCUT2D eigenvalue weighted by Crippen LogP contribution is 2.13. The summed E-state index contributed by atoms with van der Waals surface area (Å²) in [5.74, 6) is -0.169. The van der Waals surface area contributed by atoms with Gasteiger partial charge in [0.15, 0.2) is 0 Å². The van der Waals surface area contributed by atoms with Gasteiger partial charge in [0.2, 0.25) is 0 Å². The number of nitriles is 1. The molecule has 2 aromatic rings. The SMILES string of the molecule is CCc1cccc(NC(=O)c2ccc(C#N)cc2)c1. The summed E-state index contributed by atoms with van der Waals surface area (Å²) in [6.45, 7) is 2.07. The van der Waals surface area contributed by atoms with E-state index in [2.05, 4.69) is 12.2 Å². The van der Waals surface area contributed by atoms with Crippen molar-refractivity contribution < 1.29 is 4.79 Å². The predicted octanol–water partition coefficient (Wildman–Crippen LogP) is 3.37. The van der Waals surface area contributed by atoms with Gasteiger partial charge in [0.1, 0.15) is 0 Å². The molecular weight excluding hydrogens is 236 g/mol. The van der Waals surface area contributed by atoms with Gasteiger partial charge >= 0.3 is 0 Å². The van der Waals surface area contributed by atoms with Crippen LogP contribution in [0.25, 0.3) is 0 Å². The number of carbonyl (C=O) groups excluding carboxylic acids is 1. The van der Waals surface area contributed by atoms with Crippen LogP contribution in [0.1, 0.15) is 28.4 Å². The topological polar surface area (TPSA) is 52.9 Å². The Morgan fingerprint density at radius 3 is 2.58 bits per heavy atom. The van der Waals surface area contributed by atoms with E-state index in [9.17, 15) is 4.79 Å². The second-order valence-corrected chi connectivity index (χ2v) is 4.20. The van der Waals surface area contributed by atoms with Crippen LogP contribution in [0.15, 0.2) is 48.5 Å². The number of hydrogen-bond donors (Lipinski definition) is 1. The molecule has 0 aromatic heterocycles. The van der Waals surface area contributed by atoms with Gasteiger partial charge in [-0.15, -0.1) is 0 Å². The Kier molecular flexibility index (Phi) is 3.94. The molecule has 0 unspecified atom stereocenters. The molecule has 1 amide bonds. The number of aryl methyl sites for hydroxylation is 1. The number of hydrogen-bond acceptors (Lipinski definition) is 2. The van der Waals surface area contributed by atoms with Gasteiger partial charge in [-0.2, -0.15) is 5.26 Å². The number of nitrogens with one attached hydrogen (secondary N) is 1. The second-order valence-electron chi connectivity index (χ2n) is 4.20. The van der Waals surface area contributed by atoms with E-state index in [-0.39, 0.29) is 5.91 Å². The predicted molar refractivity (Wildman–Crippen MR) is 74.9 cm³/mol. The molecule has 94 valence electrons. The third-order valence-corrected chi connectivity index (χ3v) is 2.87. The fourth-order valence-corrected chi connectivity index (χ4v) is 1.77. The summed E-state index contributed by atoms with van der Waals surface area (Å²) in [5.41, 5.74) is 3.05. The summed E-state index contributed by atoms with van der Waals surface area (Å²) in [4.78, 5) is 12.0. The lowest BCUT2D eigenvalue weighted by Crippen LogP contribution is -2.11. The van der Waals surface area contributed by atoms with Crippen molar-refractivity contribution in [1.29, 1.82) is 5.26 Å². The third-order valence-electron chi connectivity index (χ3n) is 2.87. The van der Waals surface area contributed by atoms with Crippen LogP contribution in [0.2, 0.25) is 0 Å². The molecule has 0 spiro atoms. The number of carbonyl (C=O) groups is 1. The van der Waals surface area contributed by atoms with Gasteiger partial charge in [-0.3, -0.25) is 4.79 Å². The van der Waals surface area contributed by atoms with E-state index in [4.69, 9.17) is 5.26 Å². The molecule has 0 saturated carbocycles. The van der Waals surface area contributed by atoms with Crippen LogP contribution in [0.5, 0.6) is 0 Å². The third kappa shape index (κ3) is 3.20. The van der Waals surface area contributed by atoms with Crippen molar-refractivity contribution in [2.75, 3.05) is 5.32 Å². The molecule has 2 rings (SSSR count). The molecule has 0 radical (unpaired) electrons. The zero-order valence-corrected chi connectivity index (χ0v) is 10.7. The van der Waals surface area contributed by atoms with Gasteiger partial charge in [0.25, 0.3) is 5.91 Å². The van der Waals surface area contributed by atoms with Crippen LogP contribution in [0.4, 0.5) is 5.69 Å². The lowest BCUT2D eigenvalue weighted by atomic mass is 10.1. The fraction of sp³-hybridized carbons (Fsp3) is 0.125. The minimum Gasteiger partial charge on any atom is -0.322 e. The lowest BCUT2D eigenvalue weighted by molar-refractivity contribution is 0.102. The quantitative estimate of drug-likeness (QED) is 0.908. The van der Waals surface area contributed by atoms with Gasteiger partial charge in [-0.1, -0.05) is 19.1 Å². The Morgan fingerprint density at radius 1 is 1.21 bits per heavy atom. The van der Waals surface area contributed by atoms with Crippen molar-refractivity contribution in [3.8, 4) is 6.07 Å². The molecule has 3 heteroatoms. The molecule has 0 bridgehead atoms. The Hall–Kier alpha value is -2.60. The molecule has 0 saturated heterocycles. The van der Waals surface area contributed by atoms with E-state index in [0.717, 1.165) is 12.1 Å². The van der Waals surface area contributed by atoms with Crippen LogP contribution < -0.4 is 5.32 Å².